The Morgan fingerprint density at radius 2 is 1.38 bits per heavy atom. The number of ether oxygens (including phenoxy) is 1. The topological polar surface area (TPSA) is 226 Å². The lowest BCUT2D eigenvalue weighted by Crippen LogP contribution is -2.54. The molecular weight excluding hydrogens is 781 g/mol. The van der Waals surface area contributed by atoms with Gasteiger partial charge in [-0.05, 0) is 78.5 Å². The van der Waals surface area contributed by atoms with Crippen LogP contribution in [0.1, 0.15) is 95.8 Å². The lowest BCUT2D eigenvalue weighted by Gasteiger charge is -2.25. The van der Waals surface area contributed by atoms with E-state index in [1.165, 1.54) is 17.1 Å². The first-order chi connectivity index (χ1) is 29.3. The zero-order valence-corrected chi connectivity index (χ0v) is 35.7. The number of Topliss-reactive ketones (excluding diaryl/α,β-unsaturated/α-hetero) is 1. The number of hydrogen-bond donors (Lipinski definition) is 6. The van der Waals surface area contributed by atoms with Crippen molar-refractivity contribution in [2.24, 2.45) is 11.7 Å². The maximum absolute atomic E-state index is 13.4. The summed E-state index contributed by atoms with van der Waals surface area (Å²) >= 11 is 0. The molecule has 1 aliphatic carbocycles. The van der Waals surface area contributed by atoms with Crippen molar-refractivity contribution in [3.63, 3.8) is 0 Å². The summed E-state index contributed by atoms with van der Waals surface area (Å²) in [5, 5.41) is 19.9. The largest absolute Gasteiger partial charge is 0.449 e. The van der Waals surface area contributed by atoms with Crippen molar-refractivity contribution in [2.45, 2.75) is 97.8 Å². The van der Waals surface area contributed by atoms with Crippen LogP contribution >= 0.6 is 0 Å². The van der Waals surface area contributed by atoms with Gasteiger partial charge in [-0.3, -0.25) is 24.1 Å². The van der Waals surface area contributed by atoms with Crippen molar-refractivity contribution in [2.75, 3.05) is 25.0 Å². The summed E-state index contributed by atoms with van der Waals surface area (Å²) in [6, 6.07) is 20.0. The molecule has 0 fully saturated rings. The molecule has 2 atom stereocenters. The first kappa shape index (κ1) is 49.0. The molecule has 15 heteroatoms. The third-order valence-electron chi connectivity index (χ3n) is 9.88. The number of aliphatic hydroxyl groups excluding tert-OH is 1. The summed E-state index contributed by atoms with van der Waals surface area (Å²) in [6.45, 7) is 9.77. The molecule has 0 bridgehead atoms. The number of ketones is 1. The minimum absolute atomic E-state index is 0.0965. The molecule has 5 rings (SSSR count). The number of nitrogens with one attached hydrogen (secondary N) is 4. The third-order valence-corrected chi connectivity index (χ3v) is 9.88. The third kappa shape index (κ3) is 15.3. The number of carbonyl (C=O) groups excluding carboxylic acids is 7. The van der Waals surface area contributed by atoms with E-state index in [0.717, 1.165) is 41.5 Å². The summed E-state index contributed by atoms with van der Waals surface area (Å²) in [5.41, 5.74) is 10.7. The number of hydrogen-bond acceptors (Lipinski definition) is 9. The van der Waals surface area contributed by atoms with Crippen molar-refractivity contribution in [1.29, 1.82) is 0 Å². The Bertz CT molecular complexity index is 1940. The molecule has 0 unspecified atom stereocenters. The zero-order valence-electron chi connectivity index (χ0n) is 35.7. The number of nitrogens with two attached hydrogens (primary N) is 1. The van der Waals surface area contributed by atoms with E-state index in [2.05, 4.69) is 21.3 Å². The van der Waals surface area contributed by atoms with Crippen molar-refractivity contribution < 1.29 is 43.4 Å². The predicted molar refractivity (Wildman–Crippen MR) is 233 cm³/mol. The van der Waals surface area contributed by atoms with Gasteiger partial charge in [0.25, 0.3) is 11.8 Å². The van der Waals surface area contributed by atoms with Gasteiger partial charge in [0.15, 0.2) is 0 Å². The highest BCUT2D eigenvalue weighted by Crippen LogP contribution is 2.44. The molecule has 0 saturated heterocycles. The zero-order chi connectivity index (χ0) is 44.9. The second-order valence-corrected chi connectivity index (χ2v) is 14.7. The fraction of sp³-hybridized carbons (Fsp3) is 0.413. The van der Waals surface area contributed by atoms with Gasteiger partial charge in [-0.1, -0.05) is 94.8 Å². The molecule has 15 nitrogen and oxygen atoms in total. The Hall–Kier alpha value is -6.35. The number of nitrogens with zero attached hydrogens (tertiary/aromatic N) is 1. The van der Waals surface area contributed by atoms with Crippen LogP contribution in [-0.2, 0) is 35.3 Å². The van der Waals surface area contributed by atoms with Crippen LogP contribution in [0.5, 0.6) is 0 Å². The Balaban J connectivity index is 0.000000489. The molecule has 2 aliphatic rings. The number of imide groups is 1. The number of primary amides is 1. The predicted octanol–water partition coefficient (Wildman–Crippen LogP) is 5.70. The first-order valence-corrected chi connectivity index (χ1v) is 20.8. The van der Waals surface area contributed by atoms with Gasteiger partial charge in [0.2, 0.25) is 11.8 Å². The second-order valence-electron chi connectivity index (χ2n) is 14.7. The fourth-order valence-electron chi connectivity index (χ4n) is 6.75. The average molecular weight is 841 g/mol. The normalized spacial score (nSPS) is 13.4. The molecule has 3 aromatic carbocycles. The number of urea groups is 1. The molecule has 328 valence electrons. The first-order valence-electron chi connectivity index (χ1n) is 20.8. The second kappa shape index (κ2) is 25.3. The number of fused-ring (bicyclic) bond motifs is 3. The van der Waals surface area contributed by atoms with Crippen LogP contribution in [0.2, 0.25) is 0 Å². The maximum Gasteiger partial charge on any atom is 0.407 e. The summed E-state index contributed by atoms with van der Waals surface area (Å²) in [5.74, 6) is -1.75. The number of rotatable bonds is 19. The van der Waals surface area contributed by atoms with Crippen molar-refractivity contribution in [1.82, 2.24) is 20.9 Å². The minimum Gasteiger partial charge on any atom is -0.449 e. The number of aliphatic hydroxyl groups is 1. The highest BCUT2D eigenvalue weighted by molar-refractivity contribution is 6.12. The highest BCUT2D eigenvalue weighted by Gasteiger charge is 2.32. The number of amides is 7. The van der Waals surface area contributed by atoms with Gasteiger partial charge >= 0.3 is 12.1 Å². The molecule has 1 aliphatic heterocycles. The van der Waals surface area contributed by atoms with Crippen LogP contribution in [0.4, 0.5) is 15.3 Å². The van der Waals surface area contributed by atoms with Crippen molar-refractivity contribution >= 4 is 47.2 Å². The molecule has 61 heavy (non-hydrogen) atoms. The number of alkyl carbamates (subject to hydrolysis) is 1. The molecule has 0 radical (unpaired) electrons. The summed E-state index contributed by atoms with van der Waals surface area (Å²) in [7, 11) is 0. The van der Waals surface area contributed by atoms with Crippen LogP contribution in [0, 0.1) is 5.92 Å². The van der Waals surface area contributed by atoms with E-state index in [-0.39, 0.29) is 55.6 Å². The molecule has 7 amide bonds. The van der Waals surface area contributed by atoms with E-state index in [4.69, 9.17) is 10.5 Å². The molecule has 7 N–H and O–H groups in total. The Morgan fingerprint density at radius 1 is 0.787 bits per heavy atom. The Kier molecular flexibility index (Phi) is 20.3. The number of benzene rings is 3. The molecule has 0 aromatic heterocycles. The van der Waals surface area contributed by atoms with Gasteiger partial charge in [0.05, 0.1) is 6.61 Å². The molecule has 0 saturated carbocycles. The Labute approximate surface area is 357 Å². The smallest absolute Gasteiger partial charge is 0.407 e. The van der Waals surface area contributed by atoms with E-state index >= 15 is 0 Å². The van der Waals surface area contributed by atoms with Crippen LogP contribution < -0.4 is 27.0 Å². The SMILES string of the molecule is CC.CC(=O)CCCCCN1C(=O)C=CC1=O.CC(C)[C@H](NC(=O)OCC1c2ccccc2-c2ccccc21)C(=O)N[C@@H](CCCNC(N)=O)C(=O)Nc1ccc(CO)cc1. The highest BCUT2D eigenvalue weighted by atomic mass is 16.5. The van der Waals surface area contributed by atoms with Gasteiger partial charge in [-0.2, -0.15) is 0 Å². The Morgan fingerprint density at radius 3 is 1.92 bits per heavy atom. The number of anilines is 1. The van der Waals surface area contributed by atoms with E-state index in [9.17, 15) is 38.7 Å². The van der Waals surface area contributed by atoms with E-state index < -0.39 is 36.0 Å². The van der Waals surface area contributed by atoms with Gasteiger partial charge in [0.1, 0.15) is 24.5 Å². The van der Waals surface area contributed by atoms with Gasteiger partial charge in [-0.25, -0.2) is 9.59 Å². The summed E-state index contributed by atoms with van der Waals surface area (Å²) in [6.07, 6.45) is 5.45. The minimum atomic E-state index is -0.978. The van der Waals surface area contributed by atoms with Crippen LogP contribution in [0.15, 0.2) is 84.9 Å². The van der Waals surface area contributed by atoms with E-state index in [1.54, 1.807) is 45.0 Å². The van der Waals surface area contributed by atoms with E-state index in [0.29, 0.717) is 30.6 Å². The maximum atomic E-state index is 13.4. The molecule has 3 aromatic rings. The molecular formula is C46H60N6O9. The summed E-state index contributed by atoms with van der Waals surface area (Å²) < 4.78 is 5.64. The summed E-state index contributed by atoms with van der Waals surface area (Å²) in [4.78, 5) is 84.8. The van der Waals surface area contributed by atoms with Crippen LogP contribution in [-0.4, -0.2) is 83.3 Å². The standard InChI is InChI=1S/C33H39N5O6.C11H15NO3.C2H6/c1-20(2)29(38-33(43)44-19-27-25-10-5-3-8-23(25)24-9-4-6-11-26(24)27)31(41)37-28(12-7-17-35-32(34)42)30(40)36-22-15-13-21(18-39)14-16-22;1-9(13)5-3-2-4-8-12-10(14)6-7-11(12)15;1-2/h3-6,8-11,13-16,20,27-29,39H,7,12,17-19H2,1-2H3,(H,36,40)(H,37,41)(H,38,43)(H3,34,35,42);6-7H,2-5,8H2,1H3;1-2H3/t28-,29-;;/m0../s1. The molecule has 0 spiro atoms. The lowest BCUT2D eigenvalue weighted by atomic mass is 9.98. The number of carbonyl (C=O) groups is 7. The number of unbranched alkanes of at least 4 members (excludes halogenated alkanes) is 2. The van der Waals surface area contributed by atoms with Crippen molar-refractivity contribution in [3.05, 3.63) is 102 Å². The average Bonchev–Trinajstić information content (AvgIpc) is 3.75. The monoisotopic (exact) mass is 840 g/mol. The van der Waals surface area contributed by atoms with E-state index in [1.807, 2.05) is 62.4 Å². The van der Waals surface area contributed by atoms with Crippen LogP contribution in [0.3, 0.4) is 0 Å². The van der Waals surface area contributed by atoms with Gasteiger partial charge in [-0.15, -0.1) is 0 Å². The van der Waals surface area contributed by atoms with Gasteiger partial charge < -0.3 is 41.6 Å². The van der Waals surface area contributed by atoms with Crippen molar-refractivity contribution in [3.8, 4) is 11.1 Å². The van der Waals surface area contributed by atoms with Crippen LogP contribution in [0.25, 0.3) is 11.1 Å². The van der Waals surface area contributed by atoms with Gasteiger partial charge in [0, 0.05) is 43.3 Å². The molecule has 1 heterocycles. The quantitative estimate of drug-likeness (QED) is 0.0642. The fourth-order valence-corrected chi connectivity index (χ4v) is 6.75. The lowest BCUT2D eigenvalue weighted by molar-refractivity contribution is -0.137.